The van der Waals surface area contributed by atoms with E-state index in [4.69, 9.17) is 26.2 Å². The van der Waals surface area contributed by atoms with E-state index in [0.29, 0.717) is 17.0 Å². The van der Waals surface area contributed by atoms with Gasteiger partial charge in [0.25, 0.3) is 5.56 Å². The van der Waals surface area contributed by atoms with Crippen LogP contribution in [-0.4, -0.2) is 34.8 Å². The van der Waals surface area contributed by atoms with Crippen molar-refractivity contribution in [2.75, 3.05) is 14.2 Å². The average molecular weight is 361 g/mol. The summed E-state index contributed by atoms with van der Waals surface area (Å²) < 4.78 is 11.6. The van der Waals surface area contributed by atoms with E-state index in [1.165, 1.54) is 49.4 Å². The lowest BCUT2D eigenvalue weighted by Gasteiger charge is -2.12. The molecule has 0 amide bonds. The number of rotatable bonds is 4. The van der Waals surface area contributed by atoms with Crippen molar-refractivity contribution in [2.45, 2.75) is 0 Å². The first kappa shape index (κ1) is 16.8. The Kier molecular flexibility index (Phi) is 4.33. The molecule has 3 aromatic rings. The summed E-state index contributed by atoms with van der Waals surface area (Å²) in [6, 6.07) is 7.22. The first-order valence-corrected chi connectivity index (χ1v) is 7.50. The molecule has 128 valence electrons. The van der Waals surface area contributed by atoms with E-state index in [1.807, 2.05) is 0 Å². The van der Waals surface area contributed by atoms with Crippen LogP contribution in [0.25, 0.3) is 16.6 Å². The van der Waals surface area contributed by atoms with Gasteiger partial charge < -0.3 is 14.6 Å². The van der Waals surface area contributed by atoms with Gasteiger partial charge in [0.15, 0.2) is 11.5 Å². The van der Waals surface area contributed by atoms with Crippen molar-refractivity contribution in [3.05, 3.63) is 57.6 Å². The predicted molar refractivity (Wildman–Crippen MR) is 92.4 cm³/mol. The maximum Gasteiger partial charge on any atom is 0.335 e. The molecule has 1 heterocycles. The van der Waals surface area contributed by atoms with Crippen LogP contribution in [0.1, 0.15) is 10.4 Å². The van der Waals surface area contributed by atoms with Crippen molar-refractivity contribution in [3.8, 4) is 17.2 Å². The van der Waals surface area contributed by atoms with Gasteiger partial charge in [0.1, 0.15) is 6.33 Å². The minimum Gasteiger partial charge on any atom is -0.493 e. The Morgan fingerprint density at radius 3 is 2.48 bits per heavy atom. The molecule has 0 radical (unpaired) electrons. The highest BCUT2D eigenvalue weighted by Crippen LogP contribution is 2.30. The number of ether oxygens (including phenoxy) is 2. The highest BCUT2D eigenvalue weighted by atomic mass is 35.5. The number of methoxy groups -OCH3 is 2. The Morgan fingerprint density at radius 2 is 1.84 bits per heavy atom. The number of carbonyl (C=O) groups is 1. The van der Waals surface area contributed by atoms with E-state index in [9.17, 15) is 9.59 Å². The second-order valence-corrected chi connectivity index (χ2v) is 5.52. The SMILES string of the molecule is COc1cc2ncn(-c3cc(C(=O)O)ccc3Cl)c(=O)c2cc1OC. The van der Waals surface area contributed by atoms with Crippen LogP contribution in [0.3, 0.4) is 0 Å². The molecule has 1 N–H and O–H groups in total. The maximum atomic E-state index is 12.9. The number of carboxylic acid groups (broad SMARTS) is 1. The molecule has 7 nitrogen and oxygen atoms in total. The summed E-state index contributed by atoms with van der Waals surface area (Å²) in [4.78, 5) is 28.3. The van der Waals surface area contributed by atoms with Crippen LogP contribution in [0.2, 0.25) is 5.02 Å². The molecule has 0 atom stereocenters. The predicted octanol–water partition coefficient (Wildman–Crippen LogP) is 2.75. The van der Waals surface area contributed by atoms with Gasteiger partial charge in [-0.2, -0.15) is 0 Å². The lowest BCUT2D eigenvalue weighted by molar-refractivity contribution is 0.0697. The van der Waals surface area contributed by atoms with Crippen molar-refractivity contribution in [3.63, 3.8) is 0 Å². The Morgan fingerprint density at radius 1 is 1.16 bits per heavy atom. The van der Waals surface area contributed by atoms with Gasteiger partial charge in [-0.1, -0.05) is 11.6 Å². The van der Waals surface area contributed by atoms with Crippen molar-refractivity contribution in [1.82, 2.24) is 9.55 Å². The van der Waals surface area contributed by atoms with Gasteiger partial charge in [-0.3, -0.25) is 9.36 Å². The zero-order chi connectivity index (χ0) is 18.1. The Labute approximate surface area is 147 Å². The molecular formula is C17H13ClN2O5. The van der Waals surface area contributed by atoms with Crippen molar-refractivity contribution < 1.29 is 19.4 Å². The smallest absolute Gasteiger partial charge is 0.335 e. The number of halogens is 1. The molecule has 8 heteroatoms. The van der Waals surface area contributed by atoms with Gasteiger partial charge in [-0.25, -0.2) is 9.78 Å². The van der Waals surface area contributed by atoms with E-state index < -0.39 is 11.5 Å². The van der Waals surface area contributed by atoms with Crippen molar-refractivity contribution >= 4 is 28.5 Å². The summed E-state index contributed by atoms with van der Waals surface area (Å²) in [5, 5.41) is 9.66. The van der Waals surface area contributed by atoms with E-state index >= 15 is 0 Å². The lowest BCUT2D eigenvalue weighted by atomic mass is 10.2. The fraction of sp³-hybridized carbons (Fsp3) is 0.118. The van der Waals surface area contributed by atoms with E-state index in [-0.39, 0.29) is 21.7 Å². The number of fused-ring (bicyclic) bond motifs is 1. The molecule has 0 aliphatic rings. The summed E-state index contributed by atoms with van der Waals surface area (Å²) in [6.07, 6.45) is 1.30. The molecule has 3 rings (SSSR count). The Balaban J connectivity index is 2.29. The Bertz CT molecular complexity index is 1050. The number of benzene rings is 2. The number of aromatic carboxylic acids is 1. The molecular weight excluding hydrogens is 348 g/mol. The minimum absolute atomic E-state index is 0.0127. The number of nitrogens with zero attached hydrogens (tertiary/aromatic N) is 2. The van der Waals surface area contributed by atoms with Crippen molar-refractivity contribution in [2.24, 2.45) is 0 Å². The van der Waals surface area contributed by atoms with Crippen LogP contribution in [0.4, 0.5) is 0 Å². The van der Waals surface area contributed by atoms with Crippen LogP contribution in [0, 0.1) is 0 Å². The van der Waals surface area contributed by atoms with Crippen molar-refractivity contribution in [1.29, 1.82) is 0 Å². The van der Waals surface area contributed by atoms with E-state index in [1.54, 1.807) is 6.07 Å². The van der Waals surface area contributed by atoms with Gasteiger partial charge in [-0.05, 0) is 24.3 Å². The fourth-order valence-corrected chi connectivity index (χ4v) is 2.66. The first-order valence-electron chi connectivity index (χ1n) is 7.13. The molecule has 0 spiro atoms. The number of hydrogen-bond donors (Lipinski definition) is 1. The second kappa shape index (κ2) is 6.45. The van der Waals surface area contributed by atoms with E-state index in [2.05, 4.69) is 4.98 Å². The topological polar surface area (TPSA) is 90.7 Å². The summed E-state index contributed by atoms with van der Waals surface area (Å²) >= 11 is 6.14. The highest BCUT2D eigenvalue weighted by molar-refractivity contribution is 6.32. The van der Waals surface area contributed by atoms with Gasteiger partial charge in [0.05, 0.1) is 41.4 Å². The van der Waals surface area contributed by atoms with Gasteiger partial charge >= 0.3 is 5.97 Å². The second-order valence-electron chi connectivity index (χ2n) is 5.12. The summed E-state index contributed by atoms with van der Waals surface area (Å²) in [5.74, 6) is -0.284. The van der Waals surface area contributed by atoms with Crippen LogP contribution >= 0.6 is 11.6 Å². The van der Waals surface area contributed by atoms with Crippen LogP contribution in [0.5, 0.6) is 11.5 Å². The maximum absolute atomic E-state index is 12.9. The molecule has 0 saturated heterocycles. The Hall–Kier alpha value is -3.06. The molecule has 0 fully saturated rings. The summed E-state index contributed by atoms with van der Waals surface area (Å²) in [7, 11) is 2.95. The standard InChI is InChI=1S/C17H13ClN2O5/c1-24-14-6-10-12(7-15(14)25-2)19-8-20(16(10)21)13-5-9(17(22)23)3-4-11(13)18/h3-8H,1-2H3,(H,22,23). The van der Waals surface area contributed by atoms with Crippen LogP contribution in [-0.2, 0) is 0 Å². The van der Waals surface area contributed by atoms with E-state index in [0.717, 1.165) is 0 Å². The van der Waals surface area contributed by atoms with Gasteiger partial charge in [-0.15, -0.1) is 0 Å². The van der Waals surface area contributed by atoms with Gasteiger partial charge in [0, 0.05) is 6.07 Å². The van der Waals surface area contributed by atoms with Crippen LogP contribution < -0.4 is 15.0 Å². The molecule has 0 saturated carbocycles. The summed E-state index contributed by atoms with van der Waals surface area (Å²) in [5.41, 5.74) is 0.259. The average Bonchev–Trinajstić information content (AvgIpc) is 2.61. The molecule has 0 unspecified atom stereocenters. The monoisotopic (exact) mass is 360 g/mol. The summed E-state index contributed by atoms with van der Waals surface area (Å²) in [6.45, 7) is 0. The third-order valence-corrected chi connectivity index (χ3v) is 4.04. The molecule has 0 aliphatic heterocycles. The molecule has 25 heavy (non-hydrogen) atoms. The molecule has 2 aromatic carbocycles. The normalized spacial score (nSPS) is 10.7. The first-order chi connectivity index (χ1) is 12.0. The highest BCUT2D eigenvalue weighted by Gasteiger charge is 2.14. The number of aromatic nitrogens is 2. The number of carboxylic acids is 1. The quantitative estimate of drug-likeness (QED) is 0.769. The zero-order valence-electron chi connectivity index (χ0n) is 13.3. The largest absolute Gasteiger partial charge is 0.493 e. The molecule has 0 aliphatic carbocycles. The lowest BCUT2D eigenvalue weighted by Crippen LogP contribution is -2.19. The zero-order valence-corrected chi connectivity index (χ0v) is 14.1. The van der Waals surface area contributed by atoms with Crippen LogP contribution in [0.15, 0.2) is 41.5 Å². The molecule has 1 aromatic heterocycles. The number of hydrogen-bond acceptors (Lipinski definition) is 5. The third kappa shape index (κ3) is 2.89. The fourth-order valence-electron chi connectivity index (χ4n) is 2.45. The van der Waals surface area contributed by atoms with Gasteiger partial charge in [0.2, 0.25) is 0 Å². The minimum atomic E-state index is -1.12. The third-order valence-electron chi connectivity index (χ3n) is 3.72. The molecule has 0 bridgehead atoms.